The first-order valence-corrected chi connectivity index (χ1v) is 9.07. The van der Waals surface area contributed by atoms with E-state index >= 15 is 0 Å². The van der Waals surface area contributed by atoms with Crippen molar-refractivity contribution in [3.63, 3.8) is 0 Å². The number of benzene rings is 2. The molecule has 1 saturated heterocycles. The van der Waals surface area contributed by atoms with Gasteiger partial charge in [-0.05, 0) is 60.7 Å². The highest BCUT2D eigenvalue weighted by Gasteiger charge is 2.36. The van der Waals surface area contributed by atoms with Crippen LogP contribution in [0, 0.1) is 0 Å². The van der Waals surface area contributed by atoms with Crippen LogP contribution in [-0.4, -0.2) is 28.3 Å². The van der Waals surface area contributed by atoms with E-state index in [4.69, 9.17) is 21.4 Å². The number of nitrogens with zero attached hydrogens (tertiary/aromatic N) is 1. The number of halogens is 1. The maximum atomic E-state index is 12.6. The van der Waals surface area contributed by atoms with Crippen molar-refractivity contribution in [1.29, 1.82) is 0 Å². The number of aliphatic carboxylic acids is 1. The summed E-state index contributed by atoms with van der Waals surface area (Å²) in [5.41, 5.74) is 1.10. The molecule has 2 amide bonds. The Morgan fingerprint density at radius 3 is 2.56 bits per heavy atom. The third-order valence-electron chi connectivity index (χ3n) is 3.70. The summed E-state index contributed by atoms with van der Waals surface area (Å²) in [7, 11) is 0. The highest BCUT2D eigenvalue weighted by molar-refractivity contribution is 8.19. The van der Waals surface area contributed by atoms with E-state index in [1.165, 1.54) is 6.92 Å². The molecule has 27 heavy (non-hydrogen) atoms. The lowest BCUT2D eigenvalue weighted by atomic mass is 10.2. The van der Waals surface area contributed by atoms with Gasteiger partial charge in [0, 0.05) is 5.02 Å². The Kier molecular flexibility index (Phi) is 5.53. The van der Waals surface area contributed by atoms with Gasteiger partial charge in [0.25, 0.3) is 11.1 Å². The fourth-order valence-electron chi connectivity index (χ4n) is 2.35. The summed E-state index contributed by atoms with van der Waals surface area (Å²) < 4.78 is 5.26. The number of imide groups is 1. The van der Waals surface area contributed by atoms with Gasteiger partial charge in [-0.2, -0.15) is 0 Å². The number of carboxylic acids is 1. The van der Waals surface area contributed by atoms with Gasteiger partial charge in [0.05, 0.1) is 10.6 Å². The summed E-state index contributed by atoms with van der Waals surface area (Å²) in [6, 6.07) is 13.1. The second kappa shape index (κ2) is 7.85. The maximum Gasteiger partial charge on any atom is 0.344 e. The molecule has 1 fully saturated rings. The van der Waals surface area contributed by atoms with Gasteiger partial charge >= 0.3 is 5.97 Å². The van der Waals surface area contributed by atoms with Crippen LogP contribution in [0.4, 0.5) is 10.5 Å². The molecule has 8 heteroatoms. The molecule has 1 N–H and O–H groups in total. The van der Waals surface area contributed by atoms with Crippen molar-refractivity contribution in [3.05, 3.63) is 64.0 Å². The molecule has 1 unspecified atom stereocenters. The van der Waals surface area contributed by atoms with Crippen LogP contribution in [0.3, 0.4) is 0 Å². The first-order chi connectivity index (χ1) is 12.8. The fourth-order valence-corrected chi connectivity index (χ4v) is 3.38. The van der Waals surface area contributed by atoms with Crippen molar-refractivity contribution in [2.24, 2.45) is 0 Å². The number of anilines is 1. The third-order valence-corrected chi connectivity index (χ3v) is 4.80. The first-order valence-electron chi connectivity index (χ1n) is 7.88. The highest BCUT2D eigenvalue weighted by atomic mass is 35.5. The molecule has 6 nitrogen and oxygen atoms in total. The molecule has 0 bridgehead atoms. The number of carboxylic acid groups (broad SMARTS) is 1. The van der Waals surface area contributed by atoms with E-state index in [2.05, 4.69) is 0 Å². The Labute approximate surface area is 164 Å². The lowest BCUT2D eigenvalue weighted by Gasteiger charge is -2.12. The topological polar surface area (TPSA) is 83.9 Å². The number of rotatable bonds is 5. The minimum absolute atomic E-state index is 0.285. The second-order valence-corrected chi connectivity index (χ2v) is 7.09. The van der Waals surface area contributed by atoms with Gasteiger partial charge in [0.2, 0.25) is 0 Å². The summed E-state index contributed by atoms with van der Waals surface area (Å²) in [5, 5.41) is 8.89. The second-order valence-electron chi connectivity index (χ2n) is 5.66. The molecular weight excluding hydrogens is 390 g/mol. The zero-order valence-corrected chi connectivity index (χ0v) is 15.7. The van der Waals surface area contributed by atoms with Crippen LogP contribution in [0.25, 0.3) is 6.08 Å². The minimum atomic E-state index is -1.06. The number of hydrogen-bond donors (Lipinski definition) is 1. The Bertz CT molecular complexity index is 941. The third kappa shape index (κ3) is 4.32. The lowest BCUT2D eigenvalue weighted by molar-refractivity contribution is -0.144. The van der Waals surface area contributed by atoms with Crippen molar-refractivity contribution >= 4 is 52.2 Å². The fraction of sp³-hybridized carbons (Fsp3) is 0.105. The Balaban J connectivity index is 1.78. The van der Waals surface area contributed by atoms with Crippen LogP contribution < -0.4 is 9.64 Å². The summed E-state index contributed by atoms with van der Waals surface area (Å²) in [6.07, 6.45) is 0.630. The van der Waals surface area contributed by atoms with Gasteiger partial charge in [-0.1, -0.05) is 29.8 Å². The van der Waals surface area contributed by atoms with Crippen LogP contribution in [0.2, 0.25) is 5.02 Å². The van der Waals surface area contributed by atoms with E-state index < -0.39 is 23.2 Å². The standard InChI is InChI=1S/C19H14ClNO5S/c1-11(18(23)24)26-15-7-5-12(6-8-15)9-16-17(22)21(19(25)27-16)14-4-2-3-13(20)10-14/h2-11H,1H3,(H,23,24)/b16-9+. The van der Waals surface area contributed by atoms with Crippen molar-refractivity contribution in [1.82, 2.24) is 0 Å². The Hall–Kier alpha value is -2.77. The van der Waals surface area contributed by atoms with E-state index in [-0.39, 0.29) is 4.91 Å². The molecule has 2 aromatic rings. The quantitative estimate of drug-likeness (QED) is 0.743. The predicted octanol–water partition coefficient (Wildman–Crippen LogP) is 4.43. The van der Waals surface area contributed by atoms with Crippen molar-refractivity contribution < 1.29 is 24.2 Å². The zero-order chi connectivity index (χ0) is 19.6. The average Bonchev–Trinajstić information content (AvgIpc) is 2.90. The number of ether oxygens (including phenoxy) is 1. The van der Waals surface area contributed by atoms with Crippen LogP contribution in [0.5, 0.6) is 5.75 Å². The predicted molar refractivity (Wildman–Crippen MR) is 104 cm³/mol. The maximum absolute atomic E-state index is 12.6. The molecule has 0 radical (unpaired) electrons. The number of thioether (sulfide) groups is 1. The van der Waals surface area contributed by atoms with Crippen LogP contribution in [-0.2, 0) is 9.59 Å². The number of amides is 2. The van der Waals surface area contributed by atoms with E-state index in [0.717, 1.165) is 16.7 Å². The summed E-state index contributed by atoms with van der Waals surface area (Å²) in [6.45, 7) is 1.43. The van der Waals surface area contributed by atoms with Gasteiger partial charge in [-0.25, -0.2) is 9.69 Å². The molecule has 0 spiro atoms. The number of carbonyl (C=O) groups is 3. The van der Waals surface area contributed by atoms with E-state index in [9.17, 15) is 14.4 Å². The SMILES string of the molecule is CC(Oc1ccc(/C=C2/SC(=O)N(c3cccc(Cl)c3)C2=O)cc1)C(=O)O. The summed E-state index contributed by atoms with van der Waals surface area (Å²) in [4.78, 5) is 37.0. The van der Waals surface area contributed by atoms with Crippen LogP contribution in [0.15, 0.2) is 53.4 Å². The molecule has 1 aliphatic heterocycles. The van der Waals surface area contributed by atoms with E-state index in [1.54, 1.807) is 54.6 Å². The van der Waals surface area contributed by atoms with E-state index in [0.29, 0.717) is 22.0 Å². The number of hydrogen-bond acceptors (Lipinski definition) is 5. The minimum Gasteiger partial charge on any atom is -0.479 e. The lowest BCUT2D eigenvalue weighted by Crippen LogP contribution is -2.27. The molecule has 0 aliphatic carbocycles. The molecule has 1 heterocycles. The van der Waals surface area contributed by atoms with Gasteiger partial charge in [0.1, 0.15) is 5.75 Å². The van der Waals surface area contributed by atoms with Gasteiger partial charge < -0.3 is 9.84 Å². The largest absolute Gasteiger partial charge is 0.479 e. The van der Waals surface area contributed by atoms with Gasteiger partial charge in [0.15, 0.2) is 6.10 Å². The zero-order valence-electron chi connectivity index (χ0n) is 14.1. The van der Waals surface area contributed by atoms with Gasteiger partial charge in [-0.3, -0.25) is 9.59 Å². The molecular formula is C19H14ClNO5S. The first kappa shape index (κ1) is 19.0. The van der Waals surface area contributed by atoms with E-state index in [1.807, 2.05) is 0 Å². The smallest absolute Gasteiger partial charge is 0.344 e. The Morgan fingerprint density at radius 2 is 1.93 bits per heavy atom. The molecule has 3 rings (SSSR count). The highest BCUT2D eigenvalue weighted by Crippen LogP contribution is 2.36. The monoisotopic (exact) mass is 403 g/mol. The van der Waals surface area contributed by atoms with Crippen LogP contribution in [0.1, 0.15) is 12.5 Å². The molecule has 0 saturated carbocycles. The summed E-state index contributed by atoms with van der Waals surface area (Å²) >= 11 is 6.78. The Morgan fingerprint density at radius 1 is 1.22 bits per heavy atom. The molecule has 2 aromatic carbocycles. The molecule has 0 aromatic heterocycles. The van der Waals surface area contributed by atoms with Crippen molar-refractivity contribution in [2.45, 2.75) is 13.0 Å². The normalized spacial score (nSPS) is 16.7. The number of carbonyl (C=O) groups excluding carboxylic acids is 2. The molecule has 138 valence electrons. The molecule has 1 atom stereocenters. The summed E-state index contributed by atoms with van der Waals surface area (Å²) in [5.74, 6) is -1.09. The van der Waals surface area contributed by atoms with Crippen molar-refractivity contribution in [2.75, 3.05) is 4.90 Å². The van der Waals surface area contributed by atoms with Gasteiger partial charge in [-0.15, -0.1) is 0 Å². The van der Waals surface area contributed by atoms with Crippen LogP contribution >= 0.6 is 23.4 Å². The average molecular weight is 404 g/mol. The molecule has 1 aliphatic rings. The van der Waals surface area contributed by atoms with Crippen molar-refractivity contribution in [3.8, 4) is 5.75 Å².